The minimum Gasteiger partial charge on any atom is -0.377 e. The fourth-order valence-electron chi connectivity index (χ4n) is 3.64. The fraction of sp³-hybridized carbons (Fsp3) is 0.600. The molecule has 0 aromatic heterocycles. The zero-order valence-electron chi connectivity index (χ0n) is 11.2. The predicted molar refractivity (Wildman–Crippen MR) is 68.6 cm³/mol. The topological polar surface area (TPSA) is 21.3 Å². The van der Waals surface area contributed by atoms with E-state index in [-0.39, 0.29) is 11.2 Å². The third-order valence-corrected chi connectivity index (χ3v) is 4.62. The highest BCUT2D eigenvalue weighted by Crippen LogP contribution is 2.52. The summed E-state index contributed by atoms with van der Waals surface area (Å²) in [6, 6.07) is 3.89. The molecule has 0 amide bonds. The van der Waals surface area contributed by atoms with E-state index in [9.17, 15) is 8.78 Å². The Kier molecular flexibility index (Phi) is 3.10. The van der Waals surface area contributed by atoms with E-state index >= 15 is 0 Å². The van der Waals surface area contributed by atoms with Crippen molar-refractivity contribution in [1.82, 2.24) is 5.32 Å². The molecule has 2 nitrogen and oxygen atoms in total. The van der Waals surface area contributed by atoms with Gasteiger partial charge in [0.25, 0.3) is 0 Å². The quantitative estimate of drug-likeness (QED) is 0.909. The molecule has 1 saturated carbocycles. The summed E-state index contributed by atoms with van der Waals surface area (Å²) in [5, 5.41) is 3.38. The number of halogens is 2. The first-order valence-corrected chi connectivity index (χ1v) is 6.79. The van der Waals surface area contributed by atoms with Crippen LogP contribution < -0.4 is 5.32 Å². The Morgan fingerprint density at radius 2 is 2.16 bits per heavy atom. The van der Waals surface area contributed by atoms with Gasteiger partial charge < -0.3 is 10.1 Å². The summed E-state index contributed by atoms with van der Waals surface area (Å²) >= 11 is 0. The third kappa shape index (κ3) is 2.07. The van der Waals surface area contributed by atoms with Gasteiger partial charge in [-0.3, -0.25) is 0 Å². The highest BCUT2D eigenvalue weighted by atomic mass is 19.1. The van der Waals surface area contributed by atoms with E-state index < -0.39 is 5.82 Å². The van der Waals surface area contributed by atoms with Crippen LogP contribution in [0.15, 0.2) is 18.2 Å². The van der Waals surface area contributed by atoms with Crippen LogP contribution in [0.5, 0.6) is 0 Å². The summed E-state index contributed by atoms with van der Waals surface area (Å²) in [5.41, 5.74) is 0.448. The van der Waals surface area contributed by atoms with Crippen molar-refractivity contribution < 1.29 is 13.5 Å². The zero-order valence-corrected chi connectivity index (χ0v) is 11.2. The smallest absolute Gasteiger partial charge is 0.127 e. The lowest BCUT2D eigenvalue weighted by molar-refractivity contribution is -0.113. The van der Waals surface area contributed by atoms with E-state index in [1.165, 1.54) is 12.1 Å². The SMILES string of the molecule is CC1(C)C(NCc2cc(F)ccc2F)C2CCOC21. The van der Waals surface area contributed by atoms with Gasteiger partial charge in [-0.2, -0.15) is 0 Å². The lowest BCUT2D eigenvalue weighted by atomic mass is 9.57. The van der Waals surface area contributed by atoms with Crippen molar-refractivity contribution in [2.24, 2.45) is 11.3 Å². The van der Waals surface area contributed by atoms with E-state index in [2.05, 4.69) is 19.2 Å². The maximum atomic E-state index is 13.6. The van der Waals surface area contributed by atoms with Gasteiger partial charge in [0, 0.05) is 36.1 Å². The van der Waals surface area contributed by atoms with E-state index in [4.69, 9.17) is 4.74 Å². The molecule has 1 saturated heterocycles. The zero-order chi connectivity index (χ0) is 13.6. The summed E-state index contributed by atoms with van der Waals surface area (Å²) in [6.07, 6.45) is 1.36. The fourth-order valence-corrected chi connectivity index (χ4v) is 3.64. The molecular weight excluding hydrogens is 248 g/mol. The maximum Gasteiger partial charge on any atom is 0.127 e. The molecule has 3 atom stereocenters. The van der Waals surface area contributed by atoms with E-state index in [0.717, 1.165) is 19.1 Å². The number of nitrogens with one attached hydrogen (secondary N) is 1. The van der Waals surface area contributed by atoms with Gasteiger partial charge in [0.1, 0.15) is 11.6 Å². The Morgan fingerprint density at radius 1 is 1.37 bits per heavy atom. The van der Waals surface area contributed by atoms with Crippen molar-refractivity contribution in [3.63, 3.8) is 0 Å². The van der Waals surface area contributed by atoms with Crippen LogP contribution in [0.1, 0.15) is 25.8 Å². The van der Waals surface area contributed by atoms with Gasteiger partial charge in [-0.15, -0.1) is 0 Å². The molecule has 0 radical (unpaired) electrons. The molecule has 1 aliphatic heterocycles. The monoisotopic (exact) mass is 267 g/mol. The maximum absolute atomic E-state index is 13.6. The van der Waals surface area contributed by atoms with Crippen LogP contribution in [0.4, 0.5) is 8.78 Å². The molecule has 3 rings (SSSR count). The summed E-state index contributed by atoms with van der Waals surface area (Å²) < 4.78 is 32.4. The van der Waals surface area contributed by atoms with Gasteiger partial charge in [-0.05, 0) is 24.6 Å². The second kappa shape index (κ2) is 4.53. The van der Waals surface area contributed by atoms with E-state index in [1.807, 2.05) is 0 Å². The first-order valence-electron chi connectivity index (χ1n) is 6.79. The first-order chi connectivity index (χ1) is 9.00. The summed E-state index contributed by atoms with van der Waals surface area (Å²) in [5.74, 6) is -0.245. The average Bonchev–Trinajstić information content (AvgIpc) is 2.80. The molecular formula is C15H19F2NO. The van der Waals surface area contributed by atoms with Crippen LogP contribution in [-0.2, 0) is 11.3 Å². The van der Waals surface area contributed by atoms with E-state index in [0.29, 0.717) is 30.2 Å². The molecule has 3 unspecified atom stereocenters. The lowest BCUT2D eigenvalue weighted by Gasteiger charge is -2.55. The summed E-state index contributed by atoms with van der Waals surface area (Å²) in [7, 11) is 0. The van der Waals surface area contributed by atoms with Crippen molar-refractivity contribution in [1.29, 1.82) is 0 Å². The number of benzene rings is 1. The highest BCUT2D eigenvalue weighted by Gasteiger charge is 2.58. The molecule has 0 spiro atoms. The Labute approximate surface area is 112 Å². The van der Waals surface area contributed by atoms with Gasteiger partial charge in [-0.25, -0.2) is 8.78 Å². The minimum absolute atomic E-state index is 0.0605. The molecule has 0 bridgehead atoms. The Bertz CT molecular complexity index is 489. The predicted octanol–water partition coefficient (Wildman–Crippen LogP) is 2.87. The molecule has 2 aliphatic rings. The molecule has 1 aliphatic carbocycles. The van der Waals surface area contributed by atoms with Gasteiger partial charge >= 0.3 is 0 Å². The van der Waals surface area contributed by atoms with Crippen LogP contribution in [0.25, 0.3) is 0 Å². The largest absolute Gasteiger partial charge is 0.377 e. The Hall–Kier alpha value is -1.00. The van der Waals surface area contributed by atoms with Gasteiger partial charge in [0.15, 0.2) is 0 Å². The van der Waals surface area contributed by atoms with Crippen LogP contribution in [0, 0.1) is 23.0 Å². The molecule has 1 N–H and O–H groups in total. The number of ether oxygens (including phenoxy) is 1. The minimum atomic E-state index is -0.395. The second-order valence-corrected chi connectivity index (χ2v) is 6.16. The summed E-state index contributed by atoms with van der Waals surface area (Å²) in [6.45, 7) is 5.50. The Balaban J connectivity index is 1.68. The van der Waals surface area contributed by atoms with Gasteiger partial charge in [0.05, 0.1) is 6.10 Å². The van der Waals surface area contributed by atoms with E-state index in [1.54, 1.807) is 0 Å². The van der Waals surface area contributed by atoms with Crippen LogP contribution >= 0.6 is 0 Å². The average molecular weight is 267 g/mol. The normalized spacial score (nSPS) is 31.9. The van der Waals surface area contributed by atoms with Gasteiger partial charge in [0.2, 0.25) is 0 Å². The third-order valence-electron chi connectivity index (χ3n) is 4.62. The Morgan fingerprint density at radius 3 is 2.95 bits per heavy atom. The standard InChI is InChI=1S/C15H19F2NO/c1-15(2)13(11-5-6-19-14(11)15)18-8-9-7-10(16)3-4-12(9)17/h3-4,7,11,13-14,18H,5-6,8H2,1-2H3. The molecule has 4 heteroatoms. The van der Waals surface area contributed by atoms with Crippen LogP contribution in [-0.4, -0.2) is 18.8 Å². The number of rotatable bonds is 3. The van der Waals surface area contributed by atoms with Crippen molar-refractivity contribution in [3.8, 4) is 0 Å². The first kappa shape index (κ1) is 13.0. The second-order valence-electron chi connectivity index (χ2n) is 6.16. The lowest BCUT2D eigenvalue weighted by Crippen LogP contribution is -2.65. The molecule has 1 heterocycles. The number of hydrogen-bond donors (Lipinski definition) is 1. The summed E-state index contributed by atoms with van der Waals surface area (Å²) in [4.78, 5) is 0. The molecule has 1 aromatic carbocycles. The molecule has 2 fully saturated rings. The number of fused-ring (bicyclic) bond motifs is 1. The van der Waals surface area contributed by atoms with Crippen LogP contribution in [0.3, 0.4) is 0 Å². The number of hydrogen-bond acceptors (Lipinski definition) is 2. The van der Waals surface area contributed by atoms with Crippen LogP contribution in [0.2, 0.25) is 0 Å². The van der Waals surface area contributed by atoms with Crippen molar-refractivity contribution in [2.75, 3.05) is 6.61 Å². The highest BCUT2D eigenvalue weighted by molar-refractivity contribution is 5.20. The molecule has 104 valence electrons. The van der Waals surface area contributed by atoms with Gasteiger partial charge in [-0.1, -0.05) is 13.8 Å². The molecule has 1 aromatic rings. The molecule has 19 heavy (non-hydrogen) atoms. The van der Waals surface area contributed by atoms with Crippen molar-refractivity contribution >= 4 is 0 Å². The van der Waals surface area contributed by atoms with Crippen molar-refractivity contribution in [3.05, 3.63) is 35.4 Å². The van der Waals surface area contributed by atoms with Crippen molar-refractivity contribution in [2.45, 2.75) is 39.0 Å².